The topological polar surface area (TPSA) is 41.6 Å². The number of carbonyl (C=O) groups is 1. The number of amides is 1. The molecule has 2 aromatic rings. The van der Waals surface area contributed by atoms with Gasteiger partial charge >= 0.3 is 0 Å². The first-order valence-electron chi connectivity index (χ1n) is 8.97. The molecule has 25 heavy (non-hydrogen) atoms. The highest BCUT2D eigenvalue weighted by atomic mass is 32.1. The molecule has 3 heterocycles. The number of fused-ring (bicyclic) bond motifs is 1. The van der Waals surface area contributed by atoms with Crippen LogP contribution in [0.25, 0.3) is 0 Å². The second-order valence-corrected chi connectivity index (χ2v) is 7.87. The van der Waals surface area contributed by atoms with E-state index >= 15 is 0 Å². The van der Waals surface area contributed by atoms with Gasteiger partial charge in [0.2, 0.25) is 5.91 Å². The summed E-state index contributed by atoms with van der Waals surface area (Å²) in [5.41, 5.74) is 3.63. The first kappa shape index (κ1) is 16.8. The molecule has 4 rings (SSSR count). The van der Waals surface area contributed by atoms with Gasteiger partial charge in [-0.3, -0.25) is 4.79 Å². The first-order valence-corrected chi connectivity index (χ1v) is 9.85. The third-order valence-corrected chi connectivity index (χ3v) is 6.19. The quantitative estimate of drug-likeness (QED) is 0.909. The van der Waals surface area contributed by atoms with Crippen molar-refractivity contribution in [1.29, 1.82) is 0 Å². The normalized spacial score (nSPS) is 23.6. The minimum atomic E-state index is 0.209. The van der Waals surface area contributed by atoms with E-state index in [1.807, 2.05) is 7.05 Å². The lowest BCUT2D eigenvalue weighted by Gasteiger charge is -2.30. The van der Waals surface area contributed by atoms with Gasteiger partial charge in [0.05, 0.1) is 6.10 Å². The third kappa shape index (κ3) is 3.64. The fourth-order valence-corrected chi connectivity index (χ4v) is 4.52. The molecule has 1 amide bonds. The number of hydrogen-bond acceptors (Lipinski definition) is 4. The summed E-state index contributed by atoms with van der Waals surface area (Å²) < 4.78 is 5.93. The van der Waals surface area contributed by atoms with Crippen LogP contribution >= 0.6 is 11.3 Å². The van der Waals surface area contributed by atoms with Gasteiger partial charge in [0.25, 0.3) is 0 Å². The smallest absolute Gasteiger partial charge is 0.227 e. The highest BCUT2D eigenvalue weighted by molar-refractivity contribution is 7.10. The van der Waals surface area contributed by atoms with Gasteiger partial charge in [-0.2, -0.15) is 0 Å². The Morgan fingerprint density at radius 3 is 3.08 bits per heavy atom. The lowest BCUT2D eigenvalue weighted by molar-refractivity contribution is -0.118. The second kappa shape index (κ2) is 7.28. The molecule has 132 valence electrons. The number of thiophene rings is 1. The molecule has 2 aliphatic rings. The first-order chi connectivity index (χ1) is 12.2. The van der Waals surface area contributed by atoms with Crippen molar-refractivity contribution in [3.05, 3.63) is 51.7 Å². The number of rotatable bonds is 4. The SMILES string of the molecule is CN1C(=O)CCc2cc(CNC3CCOC(c4cccs4)C3)ccc21. The van der Waals surface area contributed by atoms with E-state index in [0.717, 1.165) is 38.1 Å². The summed E-state index contributed by atoms with van der Waals surface area (Å²) >= 11 is 1.78. The Morgan fingerprint density at radius 1 is 1.32 bits per heavy atom. The van der Waals surface area contributed by atoms with Gasteiger partial charge in [-0.15, -0.1) is 11.3 Å². The van der Waals surface area contributed by atoms with Crippen LogP contribution in [0.1, 0.15) is 41.4 Å². The van der Waals surface area contributed by atoms with Crippen LogP contribution in [0, 0.1) is 0 Å². The Morgan fingerprint density at radius 2 is 2.24 bits per heavy atom. The summed E-state index contributed by atoms with van der Waals surface area (Å²) in [5, 5.41) is 5.82. The standard InChI is InChI=1S/C20H24N2O2S/c1-22-17-6-4-14(11-15(17)5-7-20(22)23)13-21-16-8-9-24-18(12-16)19-3-2-10-25-19/h2-4,6,10-11,16,18,21H,5,7-9,12-13H2,1H3. The van der Waals surface area contributed by atoms with Crippen molar-refractivity contribution >= 4 is 22.9 Å². The number of benzene rings is 1. The molecule has 4 nitrogen and oxygen atoms in total. The highest BCUT2D eigenvalue weighted by Crippen LogP contribution is 2.31. The molecule has 5 heteroatoms. The number of anilines is 1. The lowest BCUT2D eigenvalue weighted by atomic mass is 9.98. The number of hydrogen-bond donors (Lipinski definition) is 1. The summed E-state index contributed by atoms with van der Waals surface area (Å²) in [6.07, 6.45) is 3.79. The van der Waals surface area contributed by atoms with E-state index in [9.17, 15) is 4.79 Å². The van der Waals surface area contributed by atoms with Crippen LogP contribution < -0.4 is 10.2 Å². The molecule has 2 unspecified atom stereocenters. The van der Waals surface area contributed by atoms with E-state index in [2.05, 4.69) is 41.0 Å². The molecule has 2 aliphatic heterocycles. The van der Waals surface area contributed by atoms with Crippen LogP contribution in [0.15, 0.2) is 35.7 Å². The molecular weight excluding hydrogens is 332 g/mol. The van der Waals surface area contributed by atoms with Crippen LogP contribution in [0.5, 0.6) is 0 Å². The van der Waals surface area contributed by atoms with Crippen molar-refractivity contribution in [2.75, 3.05) is 18.6 Å². The zero-order valence-corrected chi connectivity index (χ0v) is 15.3. The minimum absolute atomic E-state index is 0.209. The van der Waals surface area contributed by atoms with Gasteiger partial charge < -0.3 is 15.0 Å². The van der Waals surface area contributed by atoms with E-state index in [-0.39, 0.29) is 12.0 Å². The van der Waals surface area contributed by atoms with Gasteiger partial charge in [-0.1, -0.05) is 18.2 Å². The third-order valence-electron chi connectivity index (χ3n) is 5.23. The van der Waals surface area contributed by atoms with Crippen molar-refractivity contribution in [3.8, 4) is 0 Å². The maximum atomic E-state index is 11.8. The monoisotopic (exact) mass is 356 g/mol. The average Bonchev–Trinajstić information content (AvgIpc) is 3.18. The molecule has 1 aromatic carbocycles. The van der Waals surface area contributed by atoms with Crippen LogP contribution in [-0.4, -0.2) is 25.6 Å². The minimum Gasteiger partial charge on any atom is -0.373 e. The molecule has 0 aliphatic carbocycles. The molecule has 0 saturated carbocycles. The molecule has 1 N–H and O–H groups in total. The largest absolute Gasteiger partial charge is 0.373 e. The molecule has 0 bridgehead atoms. The lowest BCUT2D eigenvalue weighted by Crippen LogP contribution is -2.35. The van der Waals surface area contributed by atoms with Gasteiger partial charge in [-0.25, -0.2) is 0 Å². The van der Waals surface area contributed by atoms with E-state index in [0.29, 0.717) is 12.5 Å². The second-order valence-electron chi connectivity index (χ2n) is 6.89. The summed E-state index contributed by atoms with van der Waals surface area (Å²) in [5.74, 6) is 0.209. The van der Waals surface area contributed by atoms with E-state index in [1.165, 1.54) is 16.0 Å². The zero-order chi connectivity index (χ0) is 17.2. The fraction of sp³-hybridized carbons (Fsp3) is 0.450. The number of ether oxygens (including phenoxy) is 1. The molecule has 2 atom stereocenters. The summed E-state index contributed by atoms with van der Waals surface area (Å²) in [6.45, 7) is 1.68. The maximum Gasteiger partial charge on any atom is 0.227 e. The Hall–Kier alpha value is -1.69. The van der Waals surface area contributed by atoms with Crippen LogP contribution in [0.4, 0.5) is 5.69 Å². The number of carbonyl (C=O) groups excluding carboxylic acids is 1. The molecule has 1 aromatic heterocycles. The van der Waals surface area contributed by atoms with Gasteiger partial charge in [0.1, 0.15) is 0 Å². The summed E-state index contributed by atoms with van der Waals surface area (Å²) in [6, 6.07) is 11.2. The summed E-state index contributed by atoms with van der Waals surface area (Å²) in [4.78, 5) is 14.9. The van der Waals surface area contributed by atoms with E-state index < -0.39 is 0 Å². The Kier molecular flexibility index (Phi) is 4.88. The number of nitrogens with zero attached hydrogens (tertiary/aromatic N) is 1. The number of aryl methyl sites for hydroxylation is 1. The fourth-order valence-electron chi connectivity index (χ4n) is 3.74. The van der Waals surface area contributed by atoms with E-state index in [4.69, 9.17) is 4.74 Å². The van der Waals surface area contributed by atoms with Crippen LogP contribution in [0.2, 0.25) is 0 Å². The van der Waals surface area contributed by atoms with Crippen molar-refractivity contribution < 1.29 is 9.53 Å². The van der Waals surface area contributed by atoms with Crippen molar-refractivity contribution in [2.24, 2.45) is 0 Å². The van der Waals surface area contributed by atoms with Crippen LogP contribution in [0.3, 0.4) is 0 Å². The molecule has 1 saturated heterocycles. The molecular formula is C20H24N2O2S. The Balaban J connectivity index is 1.37. The Labute approximate surface area is 152 Å². The van der Waals surface area contributed by atoms with Gasteiger partial charge in [-0.05, 0) is 47.9 Å². The van der Waals surface area contributed by atoms with Crippen LogP contribution in [-0.2, 0) is 22.5 Å². The van der Waals surface area contributed by atoms with E-state index in [1.54, 1.807) is 16.2 Å². The average molecular weight is 356 g/mol. The predicted molar refractivity (Wildman–Crippen MR) is 101 cm³/mol. The van der Waals surface area contributed by atoms with Gasteiger partial charge in [0, 0.05) is 43.2 Å². The predicted octanol–water partition coefficient (Wildman–Crippen LogP) is 3.67. The molecule has 0 spiro atoms. The van der Waals surface area contributed by atoms with Crippen molar-refractivity contribution in [3.63, 3.8) is 0 Å². The highest BCUT2D eigenvalue weighted by Gasteiger charge is 2.25. The maximum absolute atomic E-state index is 11.8. The summed E-state index contributed by atoms with van der Waals surface area (Å²) in [7, 11) is 1.87. The van der Waals surface area contributed by atoms with Gasteiger partial charge in [0.15, 0.2) is 0 Å². The van der Waals surface area contributed by atoms with Crippen molar-refractivity contribution in [1.82, 2.24) is 5.32 Å². The van der Waals surface area contributed by atoms with Crippen molar-refractivity contribution in [2.45, 2.75) is 44.4 Å². The number of nitrogens with one attached hydrogen (secondary N) is 1. The Bertz CT molecular complexity index is 744. The zero-order valence-electron chi connectivity index (χ0n) is 14.5. The molecule has 0 radical (unpaired) electrons. The molecule has 1 fully saturated rings.